The molecule has 0 radical (unpaired) electrons. The minimum Gasteiger partial charge on any atom is -0.313 e. The van der Waals surface area contributed by atoms with E-state index in [1.165, 1.54) is 0 Å². The number of rotatable bonds is 8. The monoisotopic (exact) mass is 324 g/mol. The van der Waals surface area contributed by atoms with Gasteiger partial charge < -0.3 is 5.32 Å². The zero-order valence-electron chi connectivity index (χ0n) is 11.7. The van der Waals surface area contributed by atoms with E-state index < -0.39 is 29.2 Å². The molecule has 1 rings (SSSR count). The number of benzene rings is 1. The molecular formula is C13H19F3N2O2S. The Labute approximate surface area is 122 Å². The molecule has 1 aromatic carbocycles. The van der Waals surface area contributed by atoms with Crippen LogP contribution in [0.15, 0.2) is 24.3 Å². The van der Waals surface area contributed by atoms with Crippen molar-refractivity contribution in [3.63, 3.8) is 0 Å². The molecular weight excluding hydrogens is 305 g/mol. The van der Waals surface area contributed by atoms with Crippen molar-refractivity contribution >= 4 is 10.0 Å². The molecule has 0 saturated heterocycles. The van der Waals surface area contributed by atoms with Gasteiger partial charge in [-0.15, -0.1) is 0 Å². The van der Waals surface area contributed by atoms with Gasteiger partial charge in [-0.25, -0.2) is 13.1 Å². The van der Waals surface area contributed by atoms with Gasteiger partial charge in [0.15, 0.2) is 0 Å². The highest BCUT2D eigenvalue weighted by atomic mass is 32.2. The highest BCUT2D eigenvalue weighted by Gasteiger charge is 2.27. The average molecular weight is 324 g/mol. The van der Waals surface area contributed by atoms with Gasteiger partial charge in [-0.1, -0.05) is 31.2 Å². The lowest BCUT2D eigenvalue weighted by Crippen LogP contribution is -2.29. The van der Waals surface area contributed by atoms with Crippen molar-refractivity contribution < 1.29 is 21.6 Å². The van der Waals surface area contributed by atoms with E-state index >= 15 is 0 Å². The maximum absolute atomic E-state index is 12.0. The second-order valence-electron chi connectivity index (χ2n) is 4.62. The molecule has 1 aromatic rings. The summed E-state index contributed by atoms with van der Waals surface area (Å²) < 4.78 is 61.1. The fourth-order valence-electron chi connectivity index (χ4n) is 1.64. The van der Waals surface area contributed by atoms with Crippen LogP contribution in [0.3, 0.4) is 0 Å². The predicted octanol–water partition coefficient (Wildman–Crippen LogP) is 2.17. The summed E-state index contributed by atoms with van der Waals surface area (Å²) in [5, 5.41) is 3.14. The minimum absolute atomic E-state index is 0.327. The van der Waals surface area contributed by atoms with Gasteiger partial charge in [0.05, 0.1) is 12.2 Å². The number of sulfonamides is 1. The van der Waals surface area contributed by atoms with Crippen LogP contribution in [-0.2, 0) is 22.3 Å². The predicted molar refractivity (Wildman–Crippen MR) is 75.1 cm³/mol. The summed E-state index contributed by atoms with van der Waals surface area (Å²) in [6.07, 6.45) is -5.54. The van der Waals surface area contributed by atoms with Crippen LogP contribution in [0.1, 0.15) is 24.5 Å². The van der Waals surface area contributed by atoms with E-state index in [4.69, 9.17) is 0 Å². The van der Waals surface area contributed by atoms with Crippen molar-refractivity contribution in [1.29, 1.82) is 0 Å². The summed E-state index contributed by atoms with van der Waals surface area (Å²) in [6.45, 7) is 2.87. The lowest BCUT2D eigenvalue weighted by atomic mass is 10.1. The maximum atomic E-state index is 12.0. The molecule has 0 saturated carbocycles. The third-order valence-corrected chi connectivity index (χ3v) is 4.05. The Morgan fingerprint density at radius 2 is 1.67 bits per heavy atom. The Balaban J connectivity index is 2.51. The highest BCUT2D eigenvalue weighted by molar-refractivity contribution is 7.88. The zero-order valence-corrected chi connectivity index (χ0v) is 12.5. The molecule has 0 atom stereocenters. The molecule has 21 heavy (non-hydrogen) atoms. The molecule has 8 heteroatoms. The molecule has 0 unspecified atom stereocenters. The Kier molecular flexibility index (Phi) is 6.63. The van der Waals surface area contributed by atoms with Gasteiger partial charge in [0.25, 0.3) is 0 Å². The summed E-state index contributed by atoms with van der Waals surface area (Å²) in [7, 11) is -3.75. The highest BCUT2D eigenvalue weighted by Crippen LogP contribution is 2.18. The van der Waals surface area contributed by atoms with E-state index in [1.54, 1.807) is 24.3 Å². The fourth-order valence-corrected chi connectivity index (χ4v) is 2.79. The molecule has 0 fully saturated rings. The van der Waals surface area contributed by atoms with Crippen LogP contribution in [0.2, 0.25) is 0 Å². The van der Waals surface area contributed by atoms with Gasteiger partial charge in [0.2, 0.25) is 10.0 Å². The third kappa shape index (κ3) is 8.03. The molecule has 0 bridgehead atoms. The van der Waals surface area contributed by atoms with Crippen molar-refractivity contribution in [2.24, 2.45) is 0 Å². The maximum Gasteiger partial charge on any atom is 0.390 e. The van der Waals surface area contributed by atoms with Gasteiger partial charge >= 0.3 is 6.18 Å². The number of hydrogen-bond donors (Lipinski definition) is 2. The van der Waals surface area contributed by atoms with E-state index in [9.17, 15) is 21.6 Å². The van der Waals surface area contributed by atoms with Crippen LogP contribution in [0.4, 0.5) is 13.2 Å². The summed E-state index contributed by atoms with van der Waals surface area (Å²) in [4.78, 5) is 0. The molecule has 120 valence electrons. The van der Waals surface area contributed by atoms with Crippen LogP contribution in [0.25, 0.3) is 0 Å². The Hall–Kier alpha value is -1.12. The van der Waals surface area contributed by atoms with Crippen LogP contribution in [0.5, 0.6) is 0 Å². The van der Waals surface area contributed by atoms with Crippen LogP contribution in [0, 0.1) is 0 Å². The van der Waals surface area contributed by atoms with Crippen molar-refractivity contribution in [2.45, 2.75) is 31.8 Å². The van der Waals surface area contributed by atoms with Gasteiger partial charge in [-0.05, 0) is 17.7 Å². The first kappa shape index (κ1) is 17.9. The largest absolute Gasteiger partial charge is 0.390 e. The van der Waals surface area contributed by atoms with Crippen LogP contribution < -0.4 is 10.0 Å². The summed E-state index contributed by atoms with van der Waals surface area (Å²) in [5.74, 6) is -0.327. The van der Waals surface area contributed by atoms with Gasteiger partial charge in [-0.2, -0.15) is 13.2 Å². The lowest BCUT2D eigenvalue weighted by Gasteiger charge is -2.09. The normalized spacial score (nSPS) is 12.6. The van der Waals surface area contributed by atoms with Gasteiger partial charge in [0.1, 0.15) is 0 Å². The summed E-state index contributed by atoms with van der Waals surface area (Å²) >= 11 is 0. The molecule has 0 amide bonds. The van der Waals surface area contributed by atoms with Crippen molar-refractivity contribution in [3.05, 3.63) is 35.4 Å². The minimum atomic E-state index is -4.36. The van der Waals surface area contributed by atoms with E-state index in [0.29, 0.717) is 12.1 Å². The molecule has 0 heterocycles. The zero-order chi connectivity index (χ0) is 15.9. The average Bonchev–Trinajstić information content (AvgIpc) is 2.35. The first-order valence-electron chi connectivity index (χ1n) is 6.54. The number of nitrogens with one attached hydrogen (secondary N) is 2. The molecule has 0 aromatic heterocycles. The van der Waals surface area contributed by atoms with E-state index in [-0.39, 0.29) is 5.75 Å². The Bertz CT molecular complexity index is 527. The number of alkyl halides is 3. The van der Waals surface area contributed by atoms with Crippen molar-refractivity contribution in [1.82, 2.24) is 10.0 Å². The second-order valence-corrected chi connectivity index (χ2v) is 6.42. The van der Waals surface area contributed by atoms with E-state index in [0.717, 1.165) is 12.1 Å². The fraction of sp³-hybridized carbons (Fsp3) is 0.538. The molecule has 0 aliphatic carbocycles. The Morgan fingerprint density at radius 3 is 2.19 bits per heavy atom. The standard InChI is InChI=1S/C13H19F3N2O2S/c1-2-17-9-11-3-5-12(6-4-11)10-21(19,20)18-8-7-13(14,15)16/h3-6,17-18H,2,7-10H2,1H3. The molecule has 4 nitrogen and oxygen atoms in total. The quantitative estimate of drug-likeness (QED) is 0.770. The molecule has 0 aliphatic heterocycles. The van der Waals surface area contributed by atoms with Gasteiger partial charge in [-0.3, -0.25) is 0 Å². The first-order valence-corrected chi connectivity index (χ1v) is 8.20. The van der Waals surface area contributed by atoms with E-state index in [2.05, 4.69) is 5.32 Å². The first-order chi connectivity index (χ1) is 9.72. The lowest BCUT2D eigenvalue weighted by molar-refractivity contribution is -0.132. The van der Waals surface area contributed by atoms with Crippen molar-refractivity contribution in [2.75, 3.05) is 13.1 Å². The smallest absolute Gasteiger partial charge is 0.313 e. The van der Waals surface area contributed by atoms with Gasteiger partial charge in [0, 0.05) is 13.1 Å². The molecule has 2 N–H and O–H groups in total. The molecule has 0 spiro atoms. The van der Waals surface area contributed by atoms with Crippen LogP contribution >= 0.6 is 0 Å². The summed E-state index contributed by atoms with van der Waals surface area (Å²) in [5.41, 5.74) is 1.55. The Morgan fingerprint density at radius 1 is 1.10 bits per heavy atom. The third-order valence-electron chi connectivity index (χ3n) is 2.69. The molecule has 0 aliphatic rings. The summed E-state index contributed by atoms with van der Waals surface area (Å²) in [6, 6.07) is 6.91. The van der Waals surface area contributed by atoms with Crippen LogP contribution in [-0.4, -0.2) is 27.7 Å². The number of hydrogen-bond acceptors (Lipinski definition) is 3. The van der Waals surface area contributed by atoms with Crippen molar-refractivity contribution in [3.8, 4) is 0 Å². The SMILES string of the molecule is CCNCc1ccc(CS(=O)(=O)NCCC(F)(F)F)cc1. The van der Waals surface area contributed by atoms with E-state index in [1.807, 2.05) is 11.6 Å². The number of halogens is 3. The topological polar surface area (TPSA) is 58.2 Å². The second kappa shape index (κ2) is 7.77.